The minimum Gasteiger partial charge on any atom is -0.410 e. The molecule has 0 bridgehead atoms. The predicted molar refractivity (Wildman–Crippen MR) is 41.8 cm³/mol. The lowest BCUT2D eigenvalue weighted by Gasteiger charge is -1.97. The standard InChI is InChI=1S/C5H9N3O2S/c1-7-5(9)8(10-2)4(6-7)11-3/h1-3H3. The molecule has 0 aliphatic carbocycles. The molecule has 0 radical (unpaired) electrons. The molecule has 0 aliphatic heterocycles. The van der Waals surface area contributed by atoms with E-state index in [0.717, 1.165) is 4.73 Å². The van der Waals surface area contributed by atoms with Crippen molar-refractivity contribution in [3.63, 3.8) is 0 Å². The Kier molecular flexibility index (Phi) is 2.23. The van der Waals surface area contributed by atoms with E-state index in [1.54, 1.807) is 7.05 Å². The van der Waals surface area contributed by atoms with Gasteiger partial charge in [0.05, 0.1) is 0 Å². The minimum absolute atomic E-state index is 0.267. The van der Waals surface area contributed by atoms with Crippen molar-refractivity contribution < 1.29 is 4.84 Å². The molecule has 5 nitrogen and oxygen atoms in total. The molecule has 1 aromatic rings. The van der Waals surface area contributed by atoms with Crippen molar-refractivity contribution >= 4 is 11.8 Å². The molecule has 0 aromatic carbocycles. The van der Waals surface area contributed by atoms with Crippen LogP contribution in [0.5, 0.6) is 0 Å². The summed E-state index contributed by atoms with van der Waals surface area (Å²) in [7, 11) is 3.01. The zero-order valence-corrected chi connectivity index (χ0v) is 7.38. The quantitative estimate of drug-likeness (QED) is 0.561. The highest BCUT2D eigenvalue weighted by Gasteiger charge is 2.08. The number of hydrogen-bond donors (Lipinski definition) is 0. The molecule has 0 N–H and O–H groups in total. The molecule has 0 aliphatic rings. The van der Waals surface area contributed by atoms with Gasteiger partial charge in [-0.3, -0.25) is 0 Å². The van der Waals surface area contributed by atoms with Gasteiger partial charge >= 0.3 is 5.69 Å². The number of hydrogen-bond acceptors (Lipinski definition) is 4. The maximum Gasteiger partial charge on any atom is 0.379 e. The molecular weight excluding hydrogens is 166 g/mol. The summed E-state index contributed by atoms with van der Waals surface area (Å²) in [5.41, 5.74) is -0.267. The zero-order valence-electron chi connectivity index (χ0n) is 6.57. The summed E-state index contributed by atoms with van der Waals surface area (Å²) < 4.78 is 2.38. The number of aromatic nitrogens is 3. The van der Waals surface area contributed by atoms with Gasteiger partial charge in [0.1, 0.15) is 7.11 Å². The molecule has 1 rings (SSSR count). The van der Waals surface area contributed by atoms with Gasteiger partial charge in [-0.1, -0.05) is 11.8 Å². The monoisotopic (exact) mass is 175 g/mol. The Morgan fingerprint density at radius 1 is 1.64 bits per heavy atom. The van der Waals surface area contributed by atoms with Gasteiger partial charge in [-0.15, -0.1) is 9.83 Å². The molecule has 0 spiro atoms. The smallest absolute Gasteiger partial charge is 0.379 e. The van der Waals surface area contributed by atoms with Gasteiger partial charge in [0.25, 0.3) is 0 Å². The molecular formula is C5H9N3O2S. The third-order valence-electron chi connectivity index (χ3n) is 1.23. The van der Waals surface area contributed by atoms with Crippen LogP contribution in [-0.2, 0) is 7.05 Å². The summed E-state index contributed by atoms with van der Waals surface area (Å²) in [5, 5.41) is 4.46. The highest BCUT2D eigenvalue weighted by Crippen LogP contribution is 2.05. The second-order valence-corrected chi connectivity index (χ2v) is 2.64. The number of rotatable bonds is 2. The summed E-state index contributed by atoms with van der Waals surface area (Å²) in [6, 6.07) is 0. The third kappa shape index (κ3) is 1.25. The Hall–Kier alpha value is -0.910. The Balaban J connectivity index is 3.27. The normalized spacial score (nSPS) is 10.1. The van der Waals surface area contributed by atoms with Crippen LogP contribution in [-0.4, -0.2) is 27.9 Å². The maximum absolute atomic E-state index is 11.1. The first-order valence-corrected chi connectivity index (χ1v) is 4.17. The fourth-order valence-corrected chi connectivity index (χ4v) is 1.23. The van der Waals surface area contributed by atoms with E-state index in [0.29, 0.717) is 5.16 Å². The summed E-state index contributed by atoms with van der Waals surface area (Å²) in [4.78, 5) is 15.9. The third-order valence-corrected chi connectivity index (χ3v) is 1.84. The van der Waals surface area contributed by atoms with Gasteiger partial charge in [0, 0.05) is 7.05 Å². The molecule has 0 amide bonds. The number of aryl methyl sites for hydroxylation is 1. The lowest BCUT2D eigenvalue weighted by Crippen LogP contribution is -2.26. The predicted octanol–water partition coefficient (Wildman–Crippen LogP) is -0.638. The van der Waals surface area contributed by atoms with E-state index in [9.17, 15) is 4.79 Å². The van der Waals surface area contributed by atoms with Crippen LogP contribution in [0, 0.1) is 0 Å². The molecule has 0 saturated carbocycles. The fraction of sp³-hybridized carbons (Fsp3) is 0.600. The van der Waals surface area contributed by atoms with Crippen LogP contribution in [0.25, 0.3) is 0 Å². The highest BCUT2D eigenvalue weighted by atomic mass is 32.2. The molecule has 1 heterocycles. The lowest BCUT2D eigenvalue weighted by molar-refractivity contribution is 0.134. The Morgan fingerprint density at radius 2 is 2.27 bits per heavy atom. The molecule has 1 aromatic heterocycles. The second-order valence-electron chi connectivity index (χ2n) is 1.87. The van der Waals surface area contributed by atoms with Crippen molar-refractivity contribution in [3.8, 4) is 0 Å². The first-order valence-electron chi connectivity index (χ1n) is 2.95. The summed E-state index contributed by atoms with van der Waals surface area (Å²) in [6.45, 7) is 0. The summed E-state index contributed by atoms with van der Waals surface area (Å²) >= 11 is 1.36. The average Bonchev–Trinajstić information content (AvgIpc) is 2.28. The van der Waals surface area contributed by atoms with Crippen molar-refractivity contribution in [2.24, 2.45) is 7.05 Å². The van der Waals surface area contributed by atoms with Crippen molar-refractivity contribution in [2.75, 3.05) is 13.4 Å². The Labute approximate surface area is 67.9 Å². The van der Waals surface area contributed by atoms with E-state index < -0.39 is 0 Å². The van der Waals surface area contributed by atoms with Crippen molar-refractivity contribution in [1.82, 2.24) is 14.5 Å². The molecule has 6 heteroatoms. The molecule has 0 unspecified atom stereocenters. The van der Waals surface area contributed by atoms with E-state index in [1.807, 2.05) is 6.26 Å². The van der Waals surface area contributed by atoms with Crippen LogP contribution < -0.4 is 10.5 Å². The largest absolute Gasteiger partial charge is 0.410 e. The lowest BCUT2D eigenvalue weighted by atomic mass is 11.1. The Bertz CT molecular complexity index is 303. The van der Waals surface area contributed by atoms with Gasteiger partial charge in [-0.2, -0.15) is 0 Å². The SMILES string of the molecule is COn1c(SC)nn(C)c1=O. The molecule has 0 saturated heterocycles. The van der Waals surface area contributed by atoms with E-state index in [-0.39, 0.29) is 5.69 Å². The molecule has 0 atom stereocenters. The number of thioether (sulfide) groups is 1. The van der Waals surface area contributed by atoms with Crippen molar-refractivity contribution in [2.45, 2.75) is 5.16 Å². The first-order chi connectivity index (χ1) is 5.20. The van der Waals surface area contributed by atoms with E-state index in [2.05, 4.69) is 5.10 Å². The molecule has 0 fully saturated rings. The topological polar surface area (TPSA) is 49.0 Å². The highest BCUT2D eigenvalue weighted by molar-refractivity contribution is 7.98. The van der Waals surface area contributed by atoms with Crippen molar-refractivity contribution in [3.05, 3.63) is 10.5 Å². The van der Waals surface area contributed by atoms with Crippen LogP contribution in [0.3, 0.4) is 0 Å². The zero-order chi connectivity index (χ0) is 8.43. The van der Waals surface area contributed by atoms with Crippen LogP contribution in [0.15, 0.2) is 9.95 Å². The van der Waals surface area contributed by atoms with Crippen LogP contribution >= 0.6 is 11.8 Å². The van der Waals surface area contributed by atoms with Gasteiger partial charge in [-0.05, 0) is 6.26 Å². The van der Waals surface area contributed by atoms with Gasteiger partial charge in [-0.25, -0.2) is 9.48 Å². The Morgan fingerprint density at radius 3 is 2.64 bits per heavy atom. The van der Waals surface area contributed by atoms with Crippen LogP contribution in [0.1, 0.15) is 0 Å². The maximum atomic E-state index is 11.1. The van der Waals surface area contributed by atoms with E-state index in [4.69, 9.17) is 4.84 Å². The van der Waals surface area contributed by atoms with Gasteiger partial charge < -0.3 is 4.84 Å². The second kappa shape index (κ2) is 3.00. The average molecular weight is 175 g/mol. The summed E-state index contributed by atoms with van der Waals surface area (Å²) in [6.07, 6.45) is 1.83. The summed E-state index contributed by atoms with van der Waals surface area (Å²) in [5.74, 6) is 0. The molecule has 11 heavy (non-hydrogen) atoms. The van der Waals surface area contributed by atoms with Crippen LogP contribution in [0.2, 0.25) is 0 Å². The van der Waals surface area contributed by atoms with E-state index in [1.165, 1.54) is 23.6 Å². The van der Waals surface area contributed by atoms with E-state index >= 15 is 0 Å². The van der Waals surface area contributed by atoms with Gasteiger partial charge in [0.15, 0.2) is 0 Å². The first kappa shape index (κ1) is 8.19. The number of nitrogens with zero attached hydrogens (tertiary/aromatic N) is 3. The minimum atomic E-state index is -0.267. The van der Waals surface area contributed by atoms with Crippen LogP contribution in [0.4, 0.5) is 0 Å². The molecule has 62 valence electrons. The van der Waals surface area contributed by atoms with Crippen molar-refractivity contribution in [1.29, 1.82) is 0 Å². The fourth-order valence-electron chi connectivity index (χ4n) is 0.705. The van der Waals surface area contributed by atoms with Gasteiger partial charge in [0.2, 0.25) is 5.16 Å².